The quantitative estimate of drug-likeness (QED) is 0.840. The van der Waals surface area contributed by atoms with Crippen molar-refractivity contribution in [1.29, 1.82) is 0 Å². The predicted molar refractivity (Wildman–Crippen MR) is 73.6 cm³/mol. The van der Waals surface area contributed by atoms with Crippen molar-refractivity contribution in [1.82, 2.24) is 4.90 Å². The Balaban J connectivity index is 1.84. The summed E-state index contributed by atoms with van der Waals surface area (Å²) in [7, 11) is 0. The number of aliphatic hydroxyl groups excluding tert-OH is 1. The average Bonchev–Trinajstić information content (AvgIpc) is 2.34. The zero-order valence-corrected chi connectivity index (χ0v) is 12.2. The SMILES string of the molecule is CC(C)(C)C(O)CCN1CCOC2CCCCC21. The Labute approximate surface area is 112 Å². The van der Waals surface area contributed by atoms with E-state index in [0.717, 1.165) is 26.1 Å². The molecule has 1 heterocycles. The van der Waals surface area contributed by atoms with E-state index >= 15 is 0 Å². The van der Waals surface area contributed by atoms with Gasteiger partial charge in [-0.2, -0.15) is 0 Å². The normalized spacial score (nSPS) is 32.0. The molecule has 3 atom stereocenters. The highest BCUT2D eigenvalue weighted by atomic mass is 16.5. The smallest absolute Gasteiger partial charge is 0.0730 e. The van der Waals surface area contributed by atoms with Crippen molar-refractivity contribution in [3.63, 3.8) is 0 Å². The maximum Gasteiger partial charge on any atom is 0.0730 e. The van der Waals surface area contributed by atoms with Crippen LogP contribution in [-0.2, 0) is 4.74 Å². The highest BCUT2D eigenvalue weighted by Crippen LogP contribution is 2.29. The second-order valence-electron chi connectivity index (χ2n) is 6.97. The van der Waals surface area contributed by atoms with E-state index in [1.165, 1.54) is 25.7 Å². The van der Waals surface area contributed by atoms with Crippen LogP contribution in [0.4, 0.5) is 0 Å². The van der Waals surface area contributed by atoms with E-state index in [4.69, 9.17) is 4.74 Å². The molecule has 1 saturated heterocycles. The number of aliphatic hydroxyl groups is 1. The predicted octanol–water partition coefficient (Wildman–Crippen LogP) is 2.43. The molecular formula is C15H29NO2. The van der Waals surface area contributed by atoms with Crippen molar-refractivity contribution in [2.75, 3.05) is 19.7 Å². The van der Waals surface area contributed by atoms with E-state index in [0.29, 0.717) is 12.1 Å². The fourth-order valence-electron chi connectivity index (χ4n) is 3.18. The lowest BCUT2D eigenvalue weighted by molar-refractivity contribution is -0.0924. The number of fused-ring (bicyclic) bond motifs is 1. The summed E-state index contributed by atoms with van der Waals surface area (Å²) in [5, 5.41) is 10.2. The lowest BCUT2D eigenvalue weighted by atomic mass is 9.86. The Kier molecular flexibility index (Phi) is 4.68. The van der Waals surface area contributed by atoms with E-state index < -0.39 is 0 Å². The van der Waals surface area contributed by atoms with E-state index in [-0.39, 0.29) is 11.5 Å². The molecular weight excluding hydrogens is 226 g/mol. The minimum atomic E-state index is -0.206. The molecule has 106 valence electrons. The van der Waals surface area contributed by atoms with Crippen LogP contribution in [0.5, 0.6) is 0 Å². The van der Waals surface area contributed by atoms with Gasteiger partial charge >= 0.3 is 0 Å². The van der Waals surface area contributed by atoms with E-state index in [1.54, 1.807) is 0 Å². The van der Waals surface area contributed by atoms with Crippen LogP contribution in [0, 0.1) is 5.41 Å². The fraction of sp³-hybridized carbons (Fsp3) is 1.00. The second-order valence-corrected chi connectivity index (χ2v) is 6.97. The third kappa shape index (κ3) is 3.46. The lowest BCUT2D eigenvalue weighted by Gasteiger charge is -2.44. The van der Waals surface area contributed by atoms with Gasteiger partial charge in [0.25, 0.3) is 0 Å². The molecule has 0 aromatic heterocycles. The molecule has 3 unspecified atom stereocenters. The molecule has 0 aromatic rings. The van der Waals surface area contributed by atoms with Crippen molar-refractivity contribution >= 4 is 0 Å². The van der Waals surface area contributed by atoms with Crippen LogP contribution >= 0.6 is 0 Å². The van der Waals surface area contributed by atoms with Gasteiger partial charge in [0, 0.05) is 19.1 Å². The zero-order valence-electron chi connectivity index (χ0n) is 12.2. The molecule has 1 aliphatic heterocycles. The Morgan fingerprint density at radius 2 is 2.00 bits per heavy atom. The molecule has 2 rings (SSSR count). The van der Waals surface area contributed by atoms with E-state index in [2.05, 4.69) is 25.7 Å². The van der Waals surface area contributed by atoms with Gasteiger partial charge in [0.15, 0.2) is 0 Å². The second kappa shape index (κ2) is 5.89. The standard InChI is InChI=1S/C15H29NO2/c1-15(2,3)14(17)8-9-16-10-11-18-13-7-5-4-6-12(13)16/h12-14,17H,4-11H2,1-3H3. The van der Waals surface area contributed by atoms with Gasteiger partial charge < -0.3 is 9.84 Å². The molecule has 1 saturated carbocycles. The third-order valence-electron chi connectivity index (χ3n) is 4.54. The van der Waals surface area contributed by atoms with Gasteiger partial charge in [0.2, 0.25) is 0 Å². The van der Waals surface area contributed by atoms with Crippen molar-refractivity contribution in [3.8, 4) is 0 Å². The summed E-state index contributed by atoms with van der Waals surface area (Å²) in [5.74, 6) is 0. The van der Waals surface area contributed by atoms with Crippen molar-refractivity contribution in [2.45, 2.75) is 71.1 Å². The number of ether oxygens (including phenoxy) is 1. The van der Waals surface area contributed by atoms with Crippen LogP contribution in [-0.4, -0.2) is 48.0 Å². The highest BCUT2D eigenvalue weighted by Gasteiger charge is 2.34. The number of rotatable bonds is 3. The third-order valence-corrected chi connectivity index (χ3v) is 4.54. The van der Waals surface area contributed by atoms with Crippen LogP contribution in [0.3, 0.4) is 0 Å². The Bertz CT molecular complexity index is 260. The molecule has 0 bridgehead atoms. The summed E-state index contributed by atoms with van der Waals surface area (Å²) in [6.07, 6.45) is 6.29. The number of hydrogen-bond acceptors (Lipinski definition) is 3. The van der Waals surface area contributed by atoms with Gasteiger partial charge in [-0.3, -0.25) is 4.90 Å². The molecule has 1 aliphatic carbocycles. The molecule has 3 heteroatoms. The molecule has 3 nitrogen and oxygen atoms in total. The van der Waals surface area contributed by atoms with E-state index in [1.807, 2.05) is 0 Å². The summed E-state index contributed by atoms with van der Waals surface area (Å²) in [4.78, 5) is 2.56. The first kappa shape index (κ1) is 14.3. The first-order chi connectivity index (χ1) is 8.48. The van der Waals surface area contributed by atoms with Gasteiger partial charge in [-0.05, 0) is 24.7 Å². The number of nitrogens with zero attached hydrogens (tertiary/aromatic N) is 1. The molecule has 0 amide bonds. The zero-order chi connectivity index (χ0) is 13.2. The van der Waals surface area contributed by atoms with Gasteiger partial charge in [-0.25, -0.2) is 0 Å². The van der Waals surface area contributed by atoms with Gasteiger partial charge in [-0.1, -0.05) is 33.6 Å². The minimum Gasteiger partial charge on any atom is -0.393 e. The molecule has 0 aromatic carbocycles. The average molecular weight is 255 g/mol. The van der Waals surface area contributed by atoms with Crippen molar-refractivity contribution < 1.29 is 9.84 Å². The molecule has 0 radical (unpaired) electrons. The Morgan fingerprint density at radius 1 is 1.28 bits per heavy atom. The summed E-state index contributed by atoms with van der Waals surface area (Å²) >= 11 is 0. The summed E-state index contributed by atoms with van der Waals surface area (Å²) in [5.41, 5.74) is -0.00173. The van der Waals surface area contributed by atoms with Crippen LogP contribution in [0.1, 0.15) is 52.9 Å². The van der Waals surface area contributed by atoms with Crippen molar-refractivity contribution in [2.24, 2.45) is 5.41 Å². The maximum absolute atomic E-state index is 10.2. The fourth-order valence-corrected chi connectivity index (χ4v) is 3.18. The molecule has 2 fully saturated rings. The molecule has 0 spiro atoms. The van der Waals surface area contributed by atoms with Crippen molar-refractivity contribution in [3.05, 3.63) is 0 Å². The lowest BCUT2D eigenvalue weighted by Crippen LogP contribution is -2.53. The van der Waals surface area contributed by atoms with Crippen LogP contribution in [0.15, 0.2) is 0 Å². The van der Waals surface area contributed by atoms with Gasteiger partial charge in [0.05, 0.1) is 18.8 Å². The minimum absolute atomic E-state index is 0.00173. The highest BCUT2D eigenvalue weighted by molar-refractivity contribution is 4.88. The number of morpholine rings is 1. The summed E-state index contributed by atoms with van der Waals surface area (Å²) in [6.45, 7) is 9.26. The molecule has 2 aliphatic rings. The topological polar surface area (TPSA) is 32.7 Å². The van der Waals surface area contributed by atoms with Crippen LogP contribution in [0.2, 0.25) is 0 Å². The Hall–Kier alpha value is -0.120. The summed E-state index contributed by atoms with van der Waals surface area (Å²) < 4.78 is 5.88. The first-order valence-corrected chi connectivity index (χ1v) is 7.52. The largest absolute Gasteiger partial charge is 0.393 e. The maximum atomic E-state index is 10.2. The number of hydrogen-bond donors (Lipinski definition) is 1. The summed E-state index contributed by atoms with van der Waals surface area (Å²) in [6, 6.07) is 0.611. The van der Waals surface area contributed by atoms with Gasteiger partial charge in [-0.15, -0.1) is 0 Å². The monoisotopic (exact) mass is 255 g/mol. The molecule has 18 heavy (non-hydrogen) atoms. The Morgan fingerprint density at radius 3 is 2.72 bits per heavy atom. The van der Waals surface area contributed by atoms with E-state index in [9.17, 15) is 5.11 Å². The van der Waals surface area contributed by atoms with Crippen LogP contribution in [0.25, 0.3) is 0 Å². The van der Waals surface area contributed by atoms with Gasteiger partial charge in [0.1, 0.15) is 0 Å². The first-order valence-electron chi connectivity index (χ1n) is 7.52. The van der Waals surface area contributed by atoms with Crippen LogP contribution < -0.4 is 0 Å². The molecule has 1 N–H and O–H groups in total.